The standard InChI is InChI=1S/C16H31N3O/c1-13(2)18-16(20)12-19-11-5-3-4-6-15(19)14-7-9-17-10-8-14/h13-15,17H,3-12H2,1-2H3,(H,18,20). The van der Waals surface area contributed by atoms with E-state index in [1.807, 2.05) is 13.8 Å². The lowest BCUT2D eigenvalue weighted by Gasteiger charge is -2.37. The Labute approximate surface area is 123 Å². The number of nitrogens with one attached hydrogen (secondary N) is 2. The Balaban J connectivity index is 1.95. The third-order valence-electron chi connectivity index (χ3n) is 4.64. The van der Waals surface area contributed by atoms with Gasteiger partial charge < -0.3 is 10.6 Å². The van der Waals surface area contributed by atoms with Crippen LogP contribution in [-0.2, 0) is 4.79 Å². The zero-order valence-electron chi connectivity index (χ0n) is 13.2. The number of nitrogens with zero attached hydrogens (tertiary/aromatic N) is 1. The minimum Gasteiger partial charge on any atom is -0.353 e. The predicted octanol–water partition coefficient (Wildman–Crippen LogP) is 1.76. The lowest BCUT2D eigenvalue weighted by molar-refractivity contribution is -0.123. The fraction of sp³-hybridized carbons (Fsp3) is 0.938. The van der Waals surface area contributed by atoms with Crippen LogP contribution in [0.4, 0.5) is 0 Å². The molecule has 0 aromatic rings. The van der Waals surface area contributed by atoms with Crippen LogP contribution >= 0.6 is 0 Å². The fourth-order valence-electron chi connectivity index (χ4n) is 3.70. The van der Waals surface area contributed by atoms with Gasteiger partial charge in [0.25, 0.3) is 0 Å². The topological polar surface area (TPSA) is 44.4 Å². The van der Waals surface area contributed by atoms with Crippen LogP contribution in [0.3, 0.4) is 0 Å². The molecule has 2 fully saturated rings. The van der Waals surface area contributed by atoms with Gasteiger partial charge in [0, 0.05) is 12.1 Å². The second kappa shape index (κ2) is 7.99. The zero-order chi connectivity index (χ0) is 14.4. The van der Waals surface area contributed by atoms with E-state index in [0.29, 0.717) is 12.6 Å². The summed E-state index contributed by atoms with van der Waals surface area (Å²) in [4.78, 5) is 14.6. The molecule has 4 nitrogen and oxygen atoms in total. The highest BCUT2D eigenvalue weighted by atomic mass is 16.2. The first kappa shape index (κ1) is 15.8. The molecule has 116 valence electrons. The van der Waals surface area contributed by atoms with E-state index in [-0.39, 0.29) is 11.9 Å². The third kappa shape index (κ3) is 4.74. The van der Waals surface area contributed by atoms with Gasteiger partial charge in [-0.3, -0.25) is 9.69 Å². The first-order chi connectivity index (χ1) is 9.66. The molecule has 2 aliphatic rings. The molecule has 20 heavy (non-hydrogen) atoms. The minimum absolute atomic E-state index is 0.195. The first-order valence-electron chi connectivity index (χ1n) is 8.41. The highest BCUT2D eigenvalue weighted by Gasteiger charge is 2.30. The molecule has 0 aliphatic carbocycles. The van der Waals surface area contributed by atoms with Crippen LogP contribution in [0, 0.1) is 5.92 Å². The van der Waals surface area contributed by atoms with Crippen LogP contribution < -0.4 is 10.6 Å². The molecule has 2 aliphatic heterocycles. The molecule has 0 saturated carbocycles. The Kier molecular flexibility index (Phi) is 6.30. The van der Waals surface area contributed by atoms with Crippen LogP contribution in [0.5, 0.6) is 0 Å². The van der Waals surface area contributed by atoms with Crippen LogP contribution in [0.1, 0.15) is 52.4 Å². The van der Waals surface area contributed by atoms with E-state index < -0.39 is 0 Å². The van der Waals surface area contributed by atoms with Crippen molar-refractivity contribution in [3.8, 4) is 0 Å². The summed E-state index contributed by atoms with van der Waals surface area (Å²) >= 11 is 0. The summed E-state index contributed by atoms with van der Waals surface area (Å²) in [6.45, 7) is 8.04. The highest BCUT2D eigenvalue weighted by Crippen LogP contribution is 2.28. The molecule has 2 N–H and O–H groups in total. The Bertz CT molecular complexity index is 300. The van der Waals surface area contributed by atoms with Crippen molar-refractivity contribution in [1.29, 1.82) is 0 Å². The maximum Gasteiger partial charge on any atom is 0.234 e. The summed E-state index contributed by atoms with van der Waals surface area (Å²) in [6, 6.07) is 0.865. The quantitative estimate of drug-likeness (QED) is 0.825. The van der Waals surface area contributed by atoms with Crippen molar-refractivity contribution in [3.63, 3.8) is 0 Å². The van der Waals surface area contributed by atoms with Crippen LogP contribution in [0.2, 0.25) is 0 Å². The highest BCUT2D eigenvalue weighted by molar-refractivity contribution is 5.78. The summed E-state index contributed by atoms with van der Waals surface area (Å²) < 4.78 is 0. The average molecular weight is 281 g/mol. The van der Waals surface area contributed by atoms with E-state index in [1.165, 1.54) is 38.5 Å². The number of likely N-dealkylation sites (tertiary alicyclic amines) is 1. The summed E-state index contributed by atoms with van der Waals surface area (Å²) in [5.41, 5.74) is 0. The van der Waals surface area contributed by atoms with Crippen molar-refractivity contribution >= 4 is 5.91 Å². The average Bonchev–Trinajstić information content (AvgIpc) is 2.64. The Morgan fingerprint density at radius 3 is 2.65 bits per heavy atom. The number of hydrogen-bond acceptors (Lipinski definition) is 3. The molecule has 0 spiro atoms. The minimum atomic E-state index is 0.195. The number of amides is 1. The van der Waals surface area contributed by atoms with Gasteiger partial charge in [-0.2, -0.15) is 0 Å². The molecular weight excluding hydrogens is 250 g/mol. The number of piperidine rings is 1. The second-order valence-electron chi connectivity index (χ2n) is 6.70. The van der Waals surface area contributed by atoms with Gasteiger partial charge in [-0.1, -0.05) is 12.8 Å². The van der Waals surface area contributed by atoms with Crippen LogP contribution in [0.25, 0.3) is 0 Å². The van der Waals surface area contributed by atoms with Gasteiger partial charge in [-0.15, -0.1) is 0 Å². The SMILES string of the molecule is CC(C)NC(=O)CN1CCCCCC1C1CCNCC1. The van der Waals surface area contributed by atoms with Crippen molar-refractivity contribution in [2.45, 2.75) is 64.5 Å². The van der Waals surface area contributed by atoms with E-state index in [2.05, 4.69) is 15.5 Å². The molecule has 1 atom stereocenters. The number of rotatable bonds is 4. The molecular formula is C16H31N3O. The second-order valence-corrected chi connectivity index (χ2v) is 6.70. The molecule has 2 heterocycles. The molecule has 0 bridgehead atoms. The molecule has 2 rings (SSSR count). The molecule has 2 saturated heterocycles. The van der Waals surface area contributed by atoms with Crippen molar-refractivity contribution in [1.82, 2.24) is 15.5 Å². The van der Waals surface area contributed by atoms with E-state index in [4.69, 9.17) is 0 Å². The summed E-state index contributed by atoms with van der Waals surface area (Å²) in [5.74, 6) is 0.974. The maximum atomic E-state index is 12.1. The fourth-order valence-corrected chi connectivity index (χ4v) is 3.70. The van der Waals surface area contributed by atoms with E-state index in [1.54, 1.807) is 0 Å². The maximum absolute atomic E-state index is 12.1. The van der Waals surface area contributed by atoms with Crippen molar-refractivity contribution < 1.29 is 4.79 Å². The molecule has 0 radical (unpaired) electrons. The monoisotopic (exact) mass is 281 g/mol. The van der Waals surface area contributed by atoms with Crippen molar-refractivity contribution in [2.75, 3.05) is 26.2 Å². The van der Waals surface area contributed by atoms with Crippen molar-refractivity contribution in [3.05, 3.63) is 0 Å². The summed E-state index contributed by atoms with van der Waals surface area (Å²) in [5, 5.41) is 6.49. The van der Waals surface area contributed by atoms with Gasteiger partial charge >= 0.3 is 0 Å². The van der Waals surface area contributed by atoms with E-state index in [0.717, 1.165) is 25.6 Å². The Hall–Kier alpha value is -0.610. The smallest absolute Gasteiger partial charge is 0.234 e. The number of carbonyl (C=O) groups is 1. The molecule has 1 amide bonds. The van der Waals surface area contributed by atoms with Gasteiger partial charge in [0.15, 0.2) is 0 Å². The van der Waals surface area contributed by atoms with Gasteiger partial charge in [0.1, 0.15) is 0 Å². The number of carbonyl (C=O) groups excluding carboxylic acids is 1. The molecule has 0 aromatic carbocycles. The van der Waals surface area contributed by atoms with Crippen molar-refractivity contribution in [2.24, 2.45) is 5.92 Å². The predicted molar refractivity (Wildman–Crippen MR) is 82.7 cm³/mol. The Morgan fingerprint density at radius 2 is 1.95 bits per heavy atom. The third-order valence-corrected chi connectivity index (χ3v) is 4.64. The first-order valence-corrected chi connectivity index (χ1v) is 8.41. The molecule has 0 aromatic heterocycles. The zero-order valence-corrected chi connectivity index (χ0v) is 13.2. The van der Waals surface area contributed by atoms with Crippen LogP contribution in [0.15, 0.2) is 0 Å². The normalized spacial score (nSPS) is 26.4. The van der Waals surface area contributed by atoms with Gasteiger partial charge in [-0.05, 0) is 65.1 Å². The van der Waals surface area contributed by atoms with Gasteiger partial charge in [0.2, 0.25) is 5.91 Å². The summed E-state index contributed by atoms with van der Waals surface area (Å²) in [7, 11) is 0. The Morgan fingerprint density at radius 1 is 1.20 bits per heavy atom. The van der Waals surface area contributed by atoms with Gasteiger partial charge in [0.05, 0.1) is 6.54 Å². The summed E-state index contributed by atoms with van der Waals surface area (Å²) in [6.07, 6.45) is 7.72. The van der Waals surface area contributed by atoms with E-state index >= 15 is 0 Å². The number of hydrogen-bond donors (Lipinski definition) is 2. The lowest BCUT2D eigenvalue weighted by Crippen LogP contribution is -2.48. The van der Waals surface area contributed by atoms with Gasteiger partial charge in [-0.25, -0.2) is 0 Å². The largest absolute Gasteiger partial charge is 0.353 e. The molecule has 4 heteroatoms. The van der Waals surface area contributed by atoms with Crippen LogP contribution in [-0.4, -0.2) is 49.1 Å². The molecule has 1 unspecified atom stereocenters. The van der Waals surface area contributed by atoms with E-state index in [9.17, 15) is 4.79 Å². The lowest BCUT2D eigenvalue weighted by atomic mass is 9.87.